The second-order valence-corrected chi connectivity index (χ2v) is 5.43. The minimum Gasteiger partial charge on any atom is -0.444 e. The Labute approximate surface area is 118 Å². The average Bonchev–Trinajstić information content (AvgIpc) is 2.72. The fourth-order valence-electron chi connectivity index (χ4n) is 1.79. The maximum absolute atomic E-state index is 12.0. The number of carbonyl (C=O) groups excluding carboxylic acids is 1. The summed E-state index contributed by atoms with van der Waals surface area (Å²) in [6, 6.07) is -0.411. The molecular formula is C13H20N4O3. The van der Waals surface area contributed by atoms with Crippen molar-refractivity contribution in [3.05, 3.63) is 10.4 Å². The number of hydrogen-bond donors (Lipinski definition) is 0. The number of likely N-dealkylation sites (tertiary alicyclic amines) is 1. The van der Waals surface area contributed by atoms with Gasteiger partial charge in [0.2, 0.25) is 0 Å². The Hall–Kier alpha value is -1.90. The molecule has 0 aromatic rings. The summed E-state index contributed by atoms with van der Waals surface area (Å²) in [5.74, 6) is 5.50. The summed E-state index contributed by atoms with van der Waals surface area (Å²) in [4.78, 5) is 16.3. The largest absolute Gasteiger partial charge is 0.444 e. The van der Waals surface area contributed by atoms with E-state index in [2.05, 4.69) is 21.9 Å². The predicted molar refractivity (Wildman–Crippen MR) is 73.9 cm³/mol. The first-order valence-electron chi connectivity index (χ1n) is 6.40. The molecule has 110 valence electrons. The lowest BCUT2D eigenvalue weighted by atomic mass is 10.2. The topological polar surface area (TPSA) is 87.5 Å². The standard InChI is InChI=1S/C13H20N4O3/c1-5-6-7-19-11-9-17(8-10(11)15-16-14)12(18)20-13(2,3)4/h10-11H,7-9H2,1-4H3. The van der Waals surface area contributed by atoms with Crippen LogP contribution in [0.4, 0.5) is 4.79 Å². The van der Waals surface area contributed by atoms with Gasteiger partial charge in [-0.3, -0.25) is 0 Å². The maximum atomic E-state index is 12.0. The van der Waals surface area contributed by atoms with Crippen LogP contribution in [0.5, 0.6) is 0 Å². The van der Waals surface area contributed by atoms with Crippen molar-refractivity contribution in [1.29, 1.82) is 0 Å². The Morgan fingerprint density at radius 1 is 1.50 bits per heavy atom. The molecule has 1 aliphatic heterocycles. The van der Waals surface area contributed by atoms with Crippen molar-refractivity contribution in [2.24, 2.45) is 5.11 Å². The maximum Gasteiger partial charge on any atom is 0.410 e. The third kappa shape index (κ3) is 5.00. The summed E-state index contributed by atoms with van der Waals surface area (Å²) in [5.41, 5.74) is 8.01. The van der Waals surface area contributed by atoms with E-state index >= 15 is 0 Å². The molecule has 0 aliphatic carbocycles. The monoisotopic (exact) mass is 280 g/mol. The minimum absolute atomic E-state index is 0.251. The summed E-state index contributed by atoms with van der Waals surface area (Å²) in [5, 5.41) is 3.67. The van der Waals surface area contributed by atoms with E-state index in [0.29, 0.717) is 13.1 Å². The highest BCUT2D eigenvalue weighted by Gasteiger charge is 2.37. The van der Waals surface area contributed by atoms with E-state index in [1.807, 2.05) is 0 Å². The van der Waals surface area contributed by atoms with Crippen LogP contribution in [0, 0.1) is 11.8 Å². The van der Waals surface area contributed by atoms with Crippen molar-refractivity contribution < 1.29 is 14.3 Å². The van der Waals surface area contributed by atoms with Gasteiger partial charge < -0.3 is 14.4 Å². The number of ether oxygens (including phenoxy) is 2. The van der Waals surface area contributed by atoms with E-state index < -0.39 is 17.7 Å². The molecule has 7 nitrogen and oxygen atoms in total. The smallest absolute Gasteiger partial charge is 0.410 e. The molecule has 20 heavy (non-hydrogen) atoms. The summed E-state index contributed by atoms with van der Waals surface area (Å²) in [6.45, 7) is 8.01. The van der Waals surface area contributed by atoms with Crippen LogP contribution in [-0.2, 0) is 9.47 Å². The van der Waals surface area contributed by atoms with Gasteiger partial charge in [-0.1, -0.05) is 11.0 Å². The summed E-state index contributed by atoms with van der Waals surface area (Å²) >= 11 is 0. The number of rotatable bonds is 3. The zero-order valence-electron chi connectivity index (χ0n) is 12.3. The third-order valence-electron chi connectivity index (χ3n) is 2.63. The molecule has 1 saturated heterocycles. The molecule has 1 fully saturated rings. The molecule has 0 saturated carbocycles. The molecule has 0 bridgehead atoms. The number of carbonyl (C=O) groups is 1. The summed E-state index contributed by atoms with van der Waals surface area (Å²) in [6.07, 6.45) is -0.775. The normalized spacial score (nSPS) is 21.7. The summed E-state index contributed by atoms with van der Waals surface area (Å²) < 4.78 is 10.8. The first kappa shape index (κ1) is 16.2. The lowest BCUT2D eigenvalue weighted by Crippen LogP contribution is -2.36. The van der Waals surface area contributed by atoms with Crippen LogP contribution >= 0.6 is 0 Å². The molecule has 0 aromatic heterocycles. The van der Waals surface area contributed by atoms with Crippen LogP contribution in [0.25, 0.3) is 10.4 Å². The van der Waals surface area contributed by atoms with Crippen LogP contribution in [0.3, 0.4) is 0 Å². The van der Waals surface area contributed by atoms with Gasteiger partial charge in [-0.25, -0.2) is 4.79 Å². The van der Waals surface area contributed by atoms with E-state index in [4.69, 9.17) is 15.0 Å². The summed E-state index contributed by atoms with van der Waals surface area (Å²) in [7, 11) is 0. The van der Waals surface area contributed by atoms with Crippen molar-refractivity contribution in [1.82, 2.24) is 4.90 Å². The molecule has 1 rings (SSSR count). The van der Waals surface area contributed by atoms with Crippen molar-refractivity contribution in [3.63, 3.8) is 0 Å². The molecule has 1 aliphatic rings. The Kier molecular flexibility index (Phi) is 5.68. The fraction of sp³-hybridized carbons (Fsp3) is 0.769. The van der Waals surface area contributed by atoms with Gasteiger partial charge in [-0.05, 0) is 33.2 Å². The van der Waals surface area contributed by atoms with E-state index in [0.717, 1.165) is 0 Å². The van der Waals surface area contributed by atoms with Gasteiger partial charge in [-0.2, -0.15) is 0 Å². The van der Waals surface area contributed by atoms with Gasteiger partial charge in [0.05, 0.1) is 18.7 Å². The fourth-order valence-corrected chi connectivity index (χ4v) is 1.79. The number of azide groups is 1. The van der Waals surface area contributed by atoms with E-state index in [1.54, 1.807) is 27.7 Å². The first-order chi connectivity index (χ1) is 9.37. The number of nitrogens with zero attached hydrogens (tertiary/aromatic N) is 4. The van der Waals surface area contributed by atoms with Gasteiger partial charge in [0.15, 0.2) is 0 Å². The van der Waals surface area contributed by atoms with Gasteiger partial charge in [0.25, 0.3) is 0 Å². The molecule has 7 heteroatoms. The highest BCUT2D eigenvalue weighted by Crippen LogP contribution is 2.20. The minimum atomic E-state index is -0.558. The number of hydrogen-bond acceptors (Lipinski definition) is 4. The lowest BCUT2D eigenvalue weighted by molar-refractivity contribution is 0.0236. The van der Waals surface area contributed by atoms with E-state index in [9.17, 15) is 4.79 Å². The van der Waals surface area contributed by atoms with Gasteiger partial charge in [0.1, 0.15) is 12.2 Å². The van der Waals surface area contributed by atoms with Crippen molar-refractivity contribution in [2.75, 3.05) is 19.7 Å². The molecule has 0 radical (unpaired) electrons. The van der Waals surface area contributed by atoms with Crippen LogP contribution in [0.1, 0.15) is 27.7 Å². The zero-order chi connectivity index (χ0) is 15.2. The van der Waals surface area contributed by atoms with Crippen LogP contribution in [0.2, 0.25) is 0 Å². The van der Waals surface area contributed by atoms with Gasteiger partial charge >= 0.3 is 6.09 Å². The molecule has 1 heterocycles. The average molecular weight is 280 g/mol. The highest BCUT2D eigenvalue weighted by molar-refractivity contribution is 5.68. The highest BCUT2D eigenvalue weighted by atomic mass is 16.6. The van der Waals surface area contributed by atoms with E-state index in [-0.39, 0.29) is 12.7 Å². The van der Waals surface area contributed by atoms with Crippen LogP contribution in [-0.4, -0.2) is 48.4 Å². The molecule has 0 N–H and O–H groups in total. The second kappa shape index (κ2) is 7.04. The molecule has 0 aromatic carbocycles. The SMILES string of the molecule is CC#CCOC1CN(C(=O)OC(C)(C)C)CC1N=[N+]=[N-]. The Morgan fingerprint density at radius 2 is 2.20 bits per heavy atom. The predicted octanol–water partition coefficient (Wildman–Crippen LogP) is 2.32. The van der Waals surface area contributed by atoms with Gasteiger partial charge in [0, 0.05) is 11.5 Å². The molecule has 2 atom stereocenters. The Bertz CT molecular complexity index is 454. The van der Waals surface area contributed by atoms with E-state index in [1.165, 1.54) is 4.90 Å². The molecule has 2 unspecified atom stereocenters. The quantitative estimate of drug-likeness (QED) is 0.344. The first-order valence-corrected chi connectivity index (χ1v) is 6.40. The number of amides is 1. The Balaban J connectivity index is 2.66. The van der Waals surface area contributed by atoms with Gasteiger partial charge in [-0.15, -0.1) is 5.92 Å². The second-order valence-electron chi connectivity index (χ2n) is 5.43. The molecule has 0 spiro atoms. The van der Waals surface area contributed by atoms with Crippen molar-refractivity contribution >= 4 is 6.09 Å². The van der Waals surface area contributed by atoms with Crippen LogP contribution < -0.4 is 0 Å². The third-order valence-corrected chi connectivity index (χ3v) is 2.63. The zero-order valence-corrected chi connectivity index (χ0v) is 12.3. The molecular weight excluding hydrogens is 260 g/mol. The molecule has 1 amide bonds. The lowest BCUT2D eigenvalue weighted by Gasteiger charge is -2.24. The van der Waals surface area contributed by atoms with Crippen molar-refractivity contribution in [2.45, 2.75) is 45.4 Å². The van der Waals surface area contributed by atoms with Crippen LogP contribution in [0.15, 0.2) is 5.11 Å². The van der Waals surface area contributed by atoms with Crippen molar-refractivity contribution in [3.8, 4) is 11.8 Å². The Morgan fingerprint density at radius 3 is 2.75 bits per heavy atom.